The molecule has 2 aliphatic heterocycles. The minimum atomic E-state index is -3.49. The molecule has 5 rings (SSSR count). The van der Waals surface area contributed by atoms with E-state index in [1.165, 1.54) is 27.6 Å². The molecule has 2 N–H and O–H groups in total. The molecule has 1 saturated heterocycles. The molecule has 1 aliphatic carbocycles. The van der Waals surface area contributed by atoms with E-state index in [1.807, 2.05) is 25.1 Å². The number of likely N-dealkylation sites (N-methyl/N-ethyl adjacent to an activating group) is 1. The number of carbonyl (C=O) groups is 2. The summed E-state index contributed by atoms with van der Waals surface area (Å²) in [5.74, 6) is -3.66. The van der Waals surface area contributed by atoms with Crippen molar-refractivity contribution in [2.24, 2.45) is 5.92 Å². The van der Waals surface area contributed by atoms with Crippen molar-refractivity contribution >= 4 is 34.4 Å². The molecule has 2 fully saturated rings. The Bertz CT molecular complexity index is 1210. The lowest BCUT2D eigenvalue weighted by Crippen LogP contribution is -2.33. The molecule has 2 aromatic rings. The van der Waals surface area contributed by atoms with Gasteiger partial charge in [0.1, 0.15) is 12.2 Å². The fourth-order valence-electron chi connectivity index (χ4n) is 4.32. The lowest BCUT2D eigenvalue weighted by molar-refractivity contribution is -0.124. The molecule has 0 radical (unpaired) electrons. The van der Waals surface area contributed by atoms with Gasteiger partial charge in [0.25, 0.3) is 5.92 Å². The maximum atomic E-state index is 13.5. The second-order valence-corrected chi connectivity index (χ2v) is 11.0. The topological polar surface area (TPSA) is 100 Å². The van der Waals surface area contributed by atoms with Gasteiger partial charge in [0.2, 0.25) is 5.91 Å². The number of benzene rings is 1. The van der Waals surface area contributed by atoms with Gasteiger partial charge in [0.15, 0.2) is 5.82 Å². The monoisotopic (exact) mass is 493 g/mol. The summed E-state index contributed by atoms with van der Waals surface area (Å²) in [4.78, 5) is 31.2. The van der Waals surface area contributed by atoms with Crippen LogP contribution in [0.2, 0.25) is 0 Å². The summed E-state index contributed by atoms with van der Waals surface area (Å²) in [6.45, 7) is 2.02. The fraction of sp³-hybridized carbons (Fsp3) is 0.409. The van der Waals surface area contributed by atoms with Crippen LogP contribution in [0.15, 0.2) is 30.3 Å². The molecule has 12 heteroatoms. The summed E-state index contributed by atoms with van der Waals surface area (Å²) in [5, 5.41) is 0. The number of halogens is 2. The van der Waals surface area contributed by atoms with Crippen molar-refractivity contribution in [3.05, 3.63) is 41.5 Å². The number of hydrogen-bond donors (Lipinski definition) is 2. The molecule has 1 atom stereocenters. The van der Waals surface area contributed by atoms with E-state index in [0.717, 1.165) is 21.6 Å². The van der Waals surface area contributed by atoms with E-state index in [4.69, 9.17) is 0 Å². The molecule has 1 aromatic carbocycles. The van der Waals surface area contributed by atoms with Crippen molar-refractivity contribution in [3.8, 4) is 11.3 Å². The fourth-order valence-corrected chi connectivity index (χ4v) is 5.77. The number of alkyl halides is 2. The molecule has 3 aliphatic rings. The number of urea groups is 1. The van der Waals surface area contributed by atoms with Crippen LogP contribution in [0.1, 0.15) is 17.5 Å². The predicted molar refractivity (Wildman–Crippen MR) is 125 cm³/mol. The summed E-state index contributed by atoms with van der Waals surface area (Å²) in [6, 6.07) is 8.69. The SMILES string of the molecule is Cc1ccc(CN2CC(=O)N(C)C2=O)cc1-c1ccc2c(n1)N(C)S(O)(O)N2CC1CC1(F)F. The number of anilines is 2. The second-order valence-electron chi connectivity index (χ2n) is 8.99. The van der Waals surface area contributed by atoms with E-state index in [9.17, 15) is 27.5 Å². The predicted octanol–water partition coefficient (Wildman–Crippen LogP) is 3.94. The molecule has 0 spiro atoms. The van der Waals surface area contributed by atoms with Crippen LogP contribution in [-0.2, 0) is 11.3 Å². The first-order valence-electron chi connectivity index (χ1n) is 10.7. The summed E-state index contributed by atoms with van der Waals surface area (Å²) < 4.78 is 50.9. The highest BCUT2D eigenvalue weighted by Crippen LogP contribution is 2.62. The van der Waals surface area contributed by atoms with Gasteiger partial charge < -0.3 is 4.90 Å². The van der Waals surface area contributed by atoms with Gasteiger partial charge in [-0.25, -0.2) is 27.2 Å². The molecule has 34 heavy (non-hydrogen) atoms. The Hall–Kier alpha value is -2.96. The van der Waals surface area contributed by atoms with Crippen LogP contribution in [0, 0.1) is 12.8 Å². The molecule has 1 unspecified atom stereocenters. The minimum Gasteiger partial charge on any atom is -0.311 e. The van der Waals surface area contributed by atoms with Crippen molar-refractivity contribution in [3.63, 3.8) is 0 Å². The lowest BCUT2D eigenvalue weighted by atomic mass is 10.0. The van der Waals surface area contributed by atoms with E-state index >= 15 is 0 Å². The second kappa shape index (κ2) is 7.52. The van der Waals surface area contributed by atoms with E-state index in [1.54, 1.807) is 12.1 Å². The Kier molecular flexibility index (Phi) is 5.05. The third kappa shape index (κ3) is 3.56. The lowest BCUT2D eigenvalue weighted by Gasteiger charge is -2.41. The van der Waals surface area contributed by atoms with E-state index in [-0.39, 0.29) is 38.0 Å². The number of aryl methyl sites for hydroxylation is 1. The van der Waals surface area contributed by atoms with Crippen LogP contribution in [0.4, 0.5) is 25.1 Å². The zero-order chi connectivity index (χ0) is 24.6. The molecular weight excluding hydrogens is 468 g/mol. The molecule has 9 nitrogen and oxygen atoms in total. The van der Waals surface area contributed by atoms with E-state index < -0.39 is 22.8 Å². The van der Waals surface area contributed by atoms with Crippen molar-refractivity contribution < 1.29 is 27.5 Å². The van der Waals surface area contributed by atoms with E-state index in [0.29, 0.717) is 17.2 Å². The summed E-state index contributed by atoms with van der Waals surface area (Å²) in [7, 11) is -0.559. The number of pyridine rings is 1. The van der Waals surface area contributed by atoms with Crippen molar-refractivity contribution in [1.82, 2.24) is 14.8 Å². The Morgan fingerprint density at radius 2 is 1.88 bits per heavy atom. The zero-order valence-electron chi connectivity index (χ0n) is 18.9. The van der Waals surface area contributed by atoms with Crippen LogP contribution in [0.5, 0.6) is 0 Å². The van der Waals surface area contributed by atoms with E-state index in [2.05, 4.69) is 4.98 Å². The van der Waals surface area contributed by atoms with Crippen LogP contribution >= 0.6 is 11.0 Å². The Labute approximate surface area is 197 Å². The molecule has 1 saturated carbocycles. The molecule has 3 amide bonds. The van der Waals surface area contributed by atoms with Gasteiger partial charge in [0, 0.05) is 45.1 Å². The Morgan fingerprint density at radius 3 is 2.50 bits per heavy atom. The quantitative estimate of drug-likeness (QED) is 0.609. The highest BCUT2D eigenvalue weighted by molar-refractivity contribution is 8.26. The molecular formula is C22H25F2N5O4S. The maximum Gasteiger partial charge on any atom is 0.327 e. The maximum absolute atomic E-state index is 13.5. The Balaban J connectivity index is 1.44. The number of fused-ring (bicyclic) bond motifs is 1. The average molecular weight is 494 g/mol. The normalized spacial score (nSPS) is 23.6. The smallest absolute Gasteiger partial charge is 0.311 e. The standard InChI is InChI=1S/C22H25F2N5O4S/c1-13-4-5-14(10-28-12-19(30)26(2)21(28)31)8-16(13)17-6-7-18-20(25-17)27(3)34(32,33)29(18)11-15-9-22(15,23)24/h4-8,15,32-33H,9-12H2,1-3H3. The summed E-state index contributed by atoms with van der Waals surface area (Å²) in [6.07, 6.45) is -0.267. The van der Waals surface area contributed by atoms with Crippen LogP contribution in [0.3, 0.4) is 0 Å². The van der Waals surface area contributed by atoms with Gasteiger partial charge in [-0.1, -0.05) is 12.1 Å². The Morgan fingerprint density at radius 1 is 1.18 bits per heavy atom. The summed E-state index contributed by atoms with van der Waals surface area (Å²) in [5.41, 5.74) is 3.48. The van der Waals surface area contributed by atoms with Crippen LogP contribution in [-0.4, -0.2) is 68.9 Å². The molecule has 3 heterocycles. The van der Waals surface area contributed by atoms with Gasteiger partial charge in [-0.05, 0) is 47.2 Å². The van der Waals surface area contributed by atoms with Crippen molar-refractivity contribution in [2.75, 3.05) is 35.8 Å². The number of imide groups is 1. The van der Waals surface area contributed by atoms with Crippen LogP contribution < -0.4 is 8.61 Å². The number of hydrogen-bond acceptors (Lipinski definition) is 7. The van der Waals surface area contributed by atoms with Crippen LogP contribution in [0.25, 0.3) is 11.3 Å². The van der Waals surface area contributed by atoms with Gasteiger partial charge >= 0.3 is 6.03 Å². The van der Waals surface area contributed by atoms with Gasteiger partial charge in [-0.2, -0.15) is 0 Å². The van der Waals surface area contributed by atoms with Gasteiger partial charge in [-0.15, -0.1) is 0 Å². The number of carbonyl (C=O) groups excluding carboxylic acids is 2. The van der Waals surface area contributed by atoms with Gasteiger partial charge in [0.05, 0.1) is 5.69 Å². The molecule has 0 bridgehead atoms. The number of rotatable bonds is 5. The average Bonchev–Trinajstić information content (AvgIpc) is 3.26. The number of amides is 3. The van der Waals surface area contributed by atoms with Crippen molar-refractivity contribution in [1.29, 1.82) is 0 Å². The first kappa shape index (κ1) is 22.8. The highest BCUT2D eigenvalue weighted by Gasteiger charge is 2.59. The third-order valence-corrected chi connectivity index (χ3v) is 8.48. The summed E-state index contributed by atoms with van der Waals surface area (Å²) >= 11 is 0. The number of nitrogens with zero attached hydrogens (tertiary/aromatic N) is 5. The number of aromatic nitrogens is 1. The first-order chi connectivity index (χ1) is 15.9. The van der Waals surface area contributed by atoms with Gasteiger partial charge in [-0.3, -0.25) is 18.8 Å². The molecule has 182 valence electrons. The largest absolute Gasteiger partial charge is 0.327 e. The third-order valence-electron chi connectivity index (χ3n) is 6.64. The first-order valence-corrected chi connectivity index (χ1v) is 12.2. The van der Waals surface area contributed by atoms with Crippen molar-refractivity contribution in [2.45, 2.75) is 25.8 Å². The zero-order valence-corrected chi connectivity index (χ0v) is 19.7. The minimum absolute atomic E-state index is 0.0220. The molecule has 1 aromatic heterocycles. The highest BCUT2D eigenvalue weighted by atomic mass is 32.3.